The molecule has 1 aliphatic rings. The van der Waals surface area contributed by atoms with E-state index in [0.717, 1.165) is 32.4 Å². The highest BCUT2D eigenvalue weighted by Crippen LogP contribution is 2.29. The minimum atomic E-state index is 0.258. The molecule has 3 heteroatoms. The highest BCUT2D eigenvalue weighted by atomic mass is 16.6. The summed E-state index contributed by atoms with van der Waals surface area (Å²) in [6.07, 6.45) is 4.14. The topological polar surface area (TPSA) is 30.5 Å². The van der Waals surface area contributed by atoms with Gasteiger partial charge in [-0.25, -0.2) is 0 Å². The summed E-state index contributed by atoms with van der Waals surface area (Å²) in [5.41, 5.74) is 0. The van der Waals surface area contributed by atoms with Crippen molar-refractivity contribution in [3.05, 3.63) is 0 Å². The van der Waals surface area contributed by atoms with Crippen molar-refractivity contribution in [3.63, 3.8) is 0 Å². The van der Waals surface area contributed by atoms with Gasteiger partial charge >= 0.3 is 0 Å². The summed E-state index contributed by atoms with van der Waals surface area (Å²) in [5, 5.41) is 3.46. The summed E-state index contributed by atoms with van der Waals surface area (Å²) in [6.45, 7) is 10.4. The maximum Gasteiger partial charge on any atom is 0.0990 e. The molecule has 1 fully saturated rings. The van der Waals surface area contributed by atoms with Crippen molar-refractivity contribution in [2.45, 2.75) is 71.3 Å². The SMILES string of the molecule is CCCOC1C(NCC)CC1OC(C)CC. The third-order valence-electron chi connectivity index (χ3n) is 3.21. The Morgan fingerprint density at radius 3 is 2.62 bits per heavy atom. The molecule has 1 rings (SSSR count). The van der Waals surface area contributed by atoms with E-state index in [4.69, 9.17) is 9.47 Å². The number of ether oxygens (including phenoxy) is 2. The van der Waals surface area contributed by atoms with Gasteiger partial charge in [-0.2, -0.15) is 0 Å². The summed E-state index contributed by atoms with van der Waals surface area (Å²) >= 11 is 0. The Hall–Kier alpha value is -0.120. The number of hydrogen-bond donors (Lipinski definition) is 1. The van der Waals surface area contributed by atoms with Gasteiger partial charge in [-0.1, -0.05) is 20.8 Å². The second-order valence-electron chi connectivity index (χ2n) is 4.63. The summed E-state index contributed by atoms with van der Waals surface area (Å²) in [7, 11) is 0. The van der Waals surface area contributed by atoms with E-state index in [-0.39, 0.29) is 6.10 Å². The Morgan fingerprint density at radius 2 is 2.06 bits per heavy atom. The van der Waals surface area contributed by atoms with Gasteiger partial charge in [-0.3, -0.25) is 0 Å². The fraction of sp³-hybridized carbons (Fsp3) is 1.00. The Labute approximate surface area is 99.9 Å². The first-order chi connectivity index (χ1) is 7.72. The van der Waals surface area contributed by atoms with Crippen LogP contribution in [0.3, 0.4) is 0 Å². The van der Waals surface area contributed by atoms with E-state index in [1.54, 1.807) is 0 Å². The van der Waals surface area contributed by atoms with E-state index in [1.165, 1.54) is 0 Å². The molecule has 0 aromatic heterocycles. The molecule has 16 heavy (non-hydrogen) atoms. The van der Waals surface area contributed by atoms with Crippen molar-refractivity contribution in [1.29, 1.82) is 0 Å². The van der Waals surface area contributed by atoms with E-state index in [2.05, 4.69) is 33.0 Å². The van der Waals surface area contributed by atoms with Crippen LogP contribution in [0.25, 0.3) is 0 Å². The van der Waals surface area contributed by atoms with Crippen LogP contribution in [0.15, 0.2) is 0 Å². The normalized spacial score (nSPS) is 31.1. The first-order valence-electron chi connectivity index (χ1n) is 6.73. The van der Waals surface area contributed by atoms with Crippen LogP contribution in [0.1, 0.15) is 47.0 Å². The van der Waals surface area contributed by atoms with Crippen molar-refractivity contribution in [3.8, 4) is 0 Å². The van der Waals surface area contributed by atoms with Crippen molar-refractivity contribution in [1.82, 2.24) is 5.32 Å². The summed E-state index contributed by atoms with van der Waals surface area (Å²) in [6, 6.07) is 0.491. The maximum atomic E-state index is 5.96. The van der Waals surface area contributed by atoms with Crippen LogP contribution in [0.2, 0.25) is 0 Å². The van der Waals surface area contributed by atoms with Gasteiger partial charge in [0.15, 0.2) is 0 Å². The molecule has 1 N–H and O–H groups in total. The molecule has 0 heterocycles. The molecule has 0 aliphatic heterocycles. The quantitative estimate of drug-likeness (QED) is 0.693. The zero-order valence-electron chi connectivity index (χ0n) is 11.2. The smallest absolute Gasteiger partial charge is 0.0990 e. The average Bonchev–Trinajstić information content (AvgIpc) is 2.27. The van der Waals surface area contributed by atoms with Crippen LogP contribution >= 0.6 is 0 Å². The number of likely N-dealkylation sites (N-methyl/N-ethyl adjacent to an activating group) is 1. The van der Waals surface area contributed by atoms with Gasteiger partial charge in [0.05, 0.1) is 18.3 Å². The fourth-order valence-electron chi connectivity index (χ4n) is 2.05. The number of rotatable bonds is 8. The number of nitrogens with one attached hydrogen (secondary N) is 1. The van der Waals surface area contributed by atoms with Crippen LogP contribution in [-0.2, 0) is 9.47 Å². The third kappa shape index (κ3) is 3.72. The molecule has 4 atom stereocenters. The molecule has 96 valence electrons. The van der Waals surface area contributed by atoms with E-state index in [9.17, 15) is 0 Å². The van der Waals surface area contributed by atoms with Gasteiger partial charge in [-0.05, 0) is 32.7 Å². The lowest BCUT2D eigenvalue weighted by molar-refractivity contribution is -0.164. The van der Waals surface area contributed by atoms with E-state index in [0.29, 0.717) is 18.2 Å². The van der Waals surface area contributed by atoms with Gasteiger partial charge in [0.2, 0.25) is 0 Å². The number of hydrogen-bond acceptors (Lipinski definition) is 3. The van der Waals surface area contributed by atoms with Crippen LogP contribution in [0.5, 0.6) is 0 Å². The lowest BCUT2D eigenvalue weighted by atomic mass is 9.85. The molecule has 0 bridgehead atoms. The minimum absolute atomic E-state index is 0.258. The largest absolute Gasteiger partial charge is 0.374 e. The summed E-state index contributed by atoms with van der Waals surface area (Å²) in [4.78, 5) is 0. The third-order valence-corrected chi connectivity index (χ3v) is 3.21. The second-order valence-corrected chi connectivity index (χ2v) is 4.63. The molecule has 0 spiro atoms. The molecule has 0 radical (unpaired) electrons. The lowest BCUT2D eigenvalue weighted by Crippen LogP contribution is -2.60. The first-order valence-corrected chi connectivity index (χ1v) is 6.73. The molecular formula is C13H27NO2. The van der Waals surface area contributed by atoms with Gasteiger partial charge in [-0.15, -0.1) is 0 Å². The molecule has 0 aromatic carbocycles. The summed E-state index contributed by atoms with van der Waals surface area (Å²) in [5.74, 6) is 0. The first kappa shape index (κ1) is 13.9. The summed E-state index contributed by atoms with van der Waals surface area (Å²) < 4.78 is 11.8. The molecule has 3 nitrogen and oxygen atoms in total. The van der Waals surface area contributed by atoms with Crippen LogP contribution in [0.4, 0.5) is 0 Å². The minimum Gasteiger partial charge on any atom is -0.374 e. The van der Waals surface area contributed by atoms with Gasteiger partial charge in [0, 0.05) is 12.6 Å². The van der Waals surface area contributed by atoms with Crippen molar-refractivity contribution >= 4 is 0 Å². The Balaban J connectivity index is 2.34. The Morgan fingerprint density at radius 1 is 1.31 bits per heavy atom. The average molecular weight is 229 g/mol. The predicted molar refractivity (Wildman–Crippen MR) is 66.7 cm³/mol. The van der Waals surface area contributed by atoms with Crippen molar-refractivity contribution < 1.29 is 9.47 Å². The lowest BCUT2D eigenvalue weighted by Gasteiger charge is -2.45. The van der Waals surface area contributed by atoms with Gasteiger partial charge in [0.1, 0.15) is 0 Å². The van der Waals surface area contributed by atoms with Gasteiger partial charge < -0.3 is 14.8 Å². The molecule has 1 saturated carbocycles. The fourth-order valence-corrected chi connectivity index (χ4v) is 2.05. The molecule has 0 amide bonds. The highest BCUT2D eigenvalue weighted by molar-refractivity contribution is 4.97. The zero-order valence-corrected chi connectivity index (χ0v) is 11.2. The van der Waals surface area contributed by atoms with E-state index < -0.39 is 0 Å². The van der Waals surface area contributed by atoms with Crippen LogP contribution in [0, 0.1) is 0 Å². The molecule has 0 saturated heterocycles. The second kappa shape index (κ2) is 7.25. The van der Waals surface area contributed by atoms with E-state index >= 15 is 0 Å². The highest BCUT2D eigenvalue weighted by Gasteiger charge is 2.42. The van der Waals surface area contributed by atoms with Crippen LogP contribution in [-0.4, -0.2) is 37.5 Å². The standard InChI is InChI=1S/C13H27NO2/c1-5-8-15-13-11(14-7-3)9-12(13)16-10(4)6-2/h10-14H,5-9H2,1-4H3. The maximum absolute atomic E-state index is 5.96. The van der Waals surface area contributed by atoms with Gasteiger partial charge in [0.25, 0.3) is 0 Å². The van der Waals surface area contributed by atoms with Crippen molar-refractivity contribution in [2.24, 2.45) is 0 Å². The Kier molecular flexibility index (Phi) is 6.32. The Bertz CT molecular complexity index is 187. The molecule has 1 aliphatic carbocycles. The van der Waals surface area contributed by atoms with Crippen LogP contribution < -0.4 is 5.32 Å². The van der Waals surface area contributed by atoms with E-state index in [1.807, 2.05) is 0 Å². The molecular weight excluding hydrogens is 202 g/mol. The molecule has 4 unspecified atom stereocenters. The predicted octanol–water partition coefficient (Wildman–Crippen LogP) is 2.35. The zero-order chi connectivity index (χ0) is 12.0. The van der Waals surface area contributed by atoms with Crippen molar-refractivity contribution in [2.75, 3.05) is 13.2 Å². The monoisotopic (exact) mass is 229 g/mol. The molecule has 0 aromatic rings.